The van der Waals surface area contributed by atoms with Crippen molar-refractivity contribution in [1.82, 2.24) is 15.0 Å². The van der Waals surface area contributed by atoms with E-state index in [4.69, 9.17) is 0 Å². The van der Waals surface area contributed by atoms with Gasteiger partial charge in [0.05, 0.1) is 16.6 Å². The number of hydrogen-bond acceptors (Lipinski definition) is 4. The van der Waals surface area contributed by atoms with Crippen molar-refractivity contribution in [2.45, 2.75) is 32.6 Å². The Balaban J connectivity index is 1.74. The van der Waals surface area contributed by atoms with Crippen LogP contribution < -0.4 is 4.90 Å². The van der Waals surface area contributed by atoms with Crippen LogP contribution in [-0.4, -0.2) is 28.0 Å². The van der Waals surface area contributed by atoms with Crippen LogP contribution in [0.15, 0.2) is 18.6 Å². The second-order valence-electron chi connectivity index (χ2n) is 5.97. The molecule has 4 heteroatoms. The zero-order chi connectivity index (χ0) is 12.9. The van der Waals surface area contributed by atoms with Gasteiger partial charge in [0.25, 0.3) is 0 Å². The molecule has 19 heavy (non-hydrogen) atoms. The molecule has 0 unspecified atom stereocenters. The minimum atomic E-state index is 0.701. The molecule has 4 nitrogen and oxygen atoms in total. The molecule has 4 rings (SSSR count). The predicted octanol–water partition coefficient (Wildman–Crippen LogP) is 2.71. The highest BCUT2D eigenvalue weighted by molar-refractivity contribution is 5.91. The molecule has 0 N–H and O–H groups in total. The van der Waals surface area contributed by atoms with Crippen LogP contribution in [0.4, 0.5) is 5.82 Å². The summed E-state index contributed by atoms with van der Waals surface area (Å²) in [6.45, 7) is 4.29. The van der Waals surface area contributed by atoms with E-state index in [1.54, 1.807) is 6.33 Å². The van der Waals surface area contributed by atoms with Gasteiger partial charge in [0, 0.05) is 19.3 Å². The Morgan fingerprint density at radius 1 is 1.05 bits per heavy atom. The average molecular weight is 254 g/mol. The van der Waals surface area contributed by atoms with E-state index in [1.807, 2.05) is 19.2 Å². The lowest BCUT2D eigenvalue weighted by molar-refractivity contribution is 0.383. The lowest BCUT2D eigenvalue weighted by Crippen LogP contribution is -2.35. The molecule has 0 radical (unpaired) electrons. The first-order valence-corrected chi connectivity index (χ1v) is 7.09. The lowest BCUT2D eigenvalue weighted by atomic mass is 9.93. The Morgan fingerprint density at radius 3 is 2.58 bits per heavy atom. The van der Waals surface area contributed by atoms with Gasteiger partial charge < -0.3 is 4.90 Å². The van der Waals surface area contributed by atoms with Crippen LogP contribution in [0.5, 0.6) is 0 Å². The van der Waals surface area contributed by atoms with Gasteiger partial charge in [-0.2, -0.15) is 0 Å². The molecule has 2 aromatic rings. The molecule has 1 aliphatic heterocycles. The zero-order valence-corrected chi connectivity index (χ0v) is 11.3. The monoisotopic (exact) mass is 254 g/mol. The van der Waals surface area contributed by atoms with Gasteiger partial charge in [-0.25, -0.2) is 9.97 Å². The summed E-state index contributed by atoms with van der Waals surface area (Å²) < 4.78 is 0. The van der Waals surface area contributed by atoms with Gasteiger partial charge in [-0.05, 0) is 44.1 Å². The summed E-state index contributed by atoms with van der Waals surface area (Å²) in [7, 11) is 0. The Morgan fingerprint density at radius 2 is 1.84 bits per heavy atom. The number of pyridine rings is 1. The van der Waals surface area contributed by atoms with Crippen LogP contribution in [-0.2, 0) is 0 Å². The SMILES string of the molecule is Cc1nccc2ncnc(N3CCC4(CC3)CC4)c12. The molecule has 1 saturated heterocycles. The van der Waals surface area contributed by atoms with Crippen molar-refractivity contribution in [3.05, 3.63) is 24.3 Å². The number of aryl methyl sites for hydroxylation is 1. The molecule has 1 spiro atoms. The third-order valence-corrected chi connectivity index (χ3v) is 4.80. The molecule has 98 valence electrons. The second kappa shape index (κ2) is 3.89. The number of rotatable bonds is 1. The summed E-state index contributed by atoms with van der Waals surface area (Å²) in [5.41, 5.74) is 2.73. The number of piperidine rings is 1. The first kappa shape index (κ1) is 11.1. The zero-order valence-electron chi connectivity index (χ0n) is 11.3. The van der Waals surface area contributed by atoms with Gasteiger partial charge in [0.2, 0.25) is 0 Å². The smallest absolute Gasteiger partial charge is 0.141 e. The van der Waals surface area contributed by atoms with Crippen LogP contribution in [0.2, 0.25) is 0 Å². The molecule has 3 heterocycles. The fourth-order valence-electron chi connectivity index (χ4n) is 3.26. The van der Waals surface area contributed by atoms with Crippen molar-refractivity contribution in [3.8, 4) is 0 Å². The minimum absolute atomic E-state index is 0.701. The Hall–Kier alpha value is -1.71. The van der Waals surface area contributed by atoms with Crippen LogP contribution >= 0.6 is 0 Å². The molecule has 0 atom stereocenters. The minimum Gasteiger partial charge on any atom is -0.356 e. The molecule has 0 bridgehead atoms. The fourth-order valence-corrected chi connectivity index (χ4v) is 3.26. The maximum atomic E-state index is 4.53. The normalized spacial score (nSPS) is 21.0. The summed E-state index contributed by atoms with van der Waals surface area (Å²) >= 11 is 0. The quantitative estimate of drug-likeness (QED) is 0.784. The van der Waals surface area contributed by atoms with Crippen molar-refractivity contribution < 1.29 is 0 Å². The fraction of sp³-hybridized carbons (Fsp3) is 0.533. The maximum absolute atomic E-state index is 4.53. The van der Waals surface area contributed by atoms with Crippen LogP contribution in [0, 0.1) is 12.3 Å². The molecule has 2 aliphatic rings. The van der Waals surface area contributed by atoms with Gasteiger partial charge in [0.15, 0.2) is 0 Å². The van der Waals surface area contributed by atoms with E-state index in [-0.39, 0.29) is 0 Å². The maximum Gasteiger partial charge on any atom is 0.141 e. The van der Waals surface area contributed by atoms with Crippen LogP contribution in [0.25, 0.3) is 10.9 Å². The summed E-state index contributed by atoms with van der Waals surface area (Å²) in [4.78, 5) is 15.7. The van der Waals surface area contributed by atoms with Gasteiger partial charge in [-0.15, -0.1) is 0 Å². The Kier molecular flexibility index (Phi) is 2.28. The predicted molar refractivity (Wildman–Crippen MR) is 75.2 cm³/mol. The van der Waals surface area contributed by atoms with E-state index in [9.17, 15) is 0 Å². The molecular weight excluding hydrogens is 236 g/mol. The second-order valence-corrected chi connectivity index (χ2v) is 5.97. The van der Waals surface area contributed by atoms with E-state index in [1.165, 1.54) is 25.7 Å². The van der Waals surface area contributed by atoms with E-state index in [0.29, 0.717) is 5.41 Å². The number of anilines is 1. The molecule has 1 aliphatic carbocycles. The van der Waals surface area contributed by atoms with Crippen LogP contribution in [0.1, 0.15) is 31.4 Å². The van der Waals surface area contributed by atoms with Crippen molar-refractivity contribution >= 4 is 16.7 Å². The highest BCUT2D eigenvalue weighted by Crippen LogP contribution is 2.54. The average Bonchev–Trinajstić information content (AvgIpc) is 3.19. The van der Waals surface area contributed by atoms with Crippen molar-refractivity contribution in [3.63, 3.8) is 0 Å². The van der Waals surface area contributed by atoms with Crippen molar-refractivity contribution in [1.29, 1.82) is 0 Å². The summed E-state index contributed by atoms with van der Waals surface area (Å²) in [6, 6.07) is 1.97. The lowest BCUT2D eigenvalue weighted by Gasteiger charge is -2.33. The number of nitrogens with zero attached hydrogens (tertiary/aromatic N) is 4. The Labute approximate surface area is 112 Å². The van der Waals surface area contributed by atoms with Gasteiger partial charge in [-0.3, -0.25) is 4.98 Å². The largest absolute Gasteiger partial charge is 0.356 e. The molecule has 2 aromatic heterocycles. The first-order valence-electron chi connectivity index (χ1n) is 7.09. The molecule has 0 amide bonds. The molecule has 0 aromatic carbocycles. The number of fused-ring (bicyclic) bond motifs is 1. The highest BCUT2D eigenvalue weighted by Gasteiger charge is 2.44. The van der Waals surface area contributed by atoms with E-state index >= 15 is 0 Å². The van der Waals surface area contributed by atoms with Gasteiger partial charge >= 0.3 is 0 Å². The van der Waals surface area contributed by atoms with Crippen molar-refractivity contribution in [2.75, 3.05) is 18.0 Å². The number of aromatic nitrogens is 3. The van der Waals surface area contributed by atoms with E-state index in [0.717, 1.165) is 35.5 Å². The van der Waals surface area contributed by atoms with Gasteiger partial charge in [0.1, 0.15) is 12.1 Å². The highest BCUT2D eigenvalue weighted by atomic mass is 15.2. The van der Waals surface area contributed by atoms with Gasteiger partial charge in [-0.1, -0.05) is 0 Å². The summed E-state index contributed by atoms with van der Waals surface area (Å²) in [5, 5.41) is 1.12. The molecule has 1 saturated carbocycles. The number of hydrogen-bond donors (Lipinski definition) is 0. The summed E-state index contributed by atoms with van der Waals surface area (Å²) in [6.07, 6.45) is 9.01. The third-order valence-electron chi connectivity index (χ3n) is 4.80. The topological polar surface area (TPSA) is 41.9 Å². The van der Waals surface area contributed by atoms with Crippen molar-refractivity contribution in [2.24, 2.45) is 5.41 Å². The first-order chi connectivity index (χ1) is 9.27. The van der Waals surface area contributed by atoms with Crippen LogP contribution in [0.3, 0.4) is 0 Å². The van der Waals surface area contributed by atoms with E-state index in [2.05, 4.69) is 19.9 Å². The van der Waals surface area contributed by atoms with E-state index < -0.39 is 0 Å². The Bertz CT molecular complexity index is 618. The third kappa shape index (κ3) is 1.78. The summed E-state index contributed by atoms with van der Waals surface area (Å²) in [5.74, 6) is 1.08. The standard InChI is InChI=1S/C15H18N4/c1-11-13-12(2-7-16-11)17-10-18-14(13)19-8-5-15(3-4-15)6-9-19/h2,7,10H,3-6,8-9H2,1H3. The molecular formula is C15H18N4. The molecule has 2 fully saturated rings.